The molecule has 106 valence electrons. The third kappa shape index (κ3) is 3.68. The van der Waals surface area contributed by atoms with Gasteiger partial charge < -0.3 is 11.1 Å². The Hall–Kier alpha value is -2.14. The lowest BCUT2D eigenvalue weighted by Crippen LogP contribution is -2.24. The summed E-state index contributed by atoms with van der Waals surface area (Å²) in [7, 11) is 0. The summed E-state index contributed by atoms with van der Waals surface area (Å²) in [5.74, 6) is -0.0440. The van der Waals surface area contributed by atoms with Gasteiger partial charge in [-0.3, -0.25) is 9.89 Å². The Bertz CT molecular complexity index is 560. The SMILES string of the molecule is Cc1[nH]ncc1CCCNC(=O)c1ccc(CN)cc1. The lowest BCUT2D eigenvalue weighted by atomic mass is 10.1. The zero-order valence-corrected chi connectivity index (χ0v) is 11.6. The summed E-state index contributed by atoms with van der Waals surface area (Å²) in [5, 5.41) is 9.80. The van der Waals surface area contributed by atoms with Crippen LogP contribution >= 0.6 is 0 Å². The van der Waals surface area contributed by atoms with E-state index in [1.165, 1.54) is 5.56 Å². The second kappa shape index (κ2) is 6.86. The highest BCUT2D eigenvalue weighted by molar-refractivity contribution is 5.94. The standard InChI is InChI=1S/C15H20N4O/c1-11-14(10-18-19-11)3-2-8-17-15(20)13-6-4-12(9-16)5-7-13/h4-7,10H,2-3,8-9,16H2,1H3,(H,17,20)(H,18,19). The normalized spacial score (nSPS) is 10.5. The Labute approximate surface area is 118 Å². The molecule has 2 rings (SSSR count). The molecule has 20 heavy (non-hydrogen) atoms. The number of nitrogens with two attached hydrogens (primary N) is 1. The van der Waals surface area contributed by atoms with Gasteiger partial charge in [-0.2, -0.15) is 5.10 Å². The number of nitrogens with zero attached hydrogens (tertiary/aromatic N) is 1. The molecular formula is C15H20N4O. The fraction of sp³-hybridized carbons (Fsp3) is 0.333. The molecule has 1 aromatic heterocycles. The predicted molar refractivity (Wildman–Crippen MR) is 78.3 cm³/mol. The molecule has 0 saturated heterocycles. The number of rotatable bonds is 6. The number of H-pyrrole nitrogens is 1. The van der Waals surface area contributed by atoms with E-state index in [4.69, 9.17) is 5.73 Å². The van der Waals surface area contributed by atoms with Crippen LogP contribution in [-0.4, -0.2) is 22.6 Å². The van der Waals surface area contributed by atoms with Crippen LogP contribution in [0.4, 0.5) is 0 Å². The minimum absolute atomic E-state index is 0.0440. The van der Waals surface area contributed by atoms with Crippen molar-refractivity contribution in [3.05, 3.63) is 52.8 Å². The zero-order chi connectivity index (χ0) is 14.4. The monoisotopic (exact) mass is 272 g/mol. The van der Waals surface area contributed by atoms with E-state index >= 15 is 0 Å². The van der Waals surface area contributed by atoms with Gasteiger partial charge >= 0.3 is 0 Å². The minimum atomic E-state index is -0.0440. The van der Waals surface area contributed by atoms with E-state index in [1.54, 1.807) is 12.1 Å². The molecule has 5 nitrogen and oxygen atoms in total. The second-order valence-electron chi connectivity index (χ2n) is 4.78. The lowest BCUT2D eigenvalue weighted by molar-refractivity contribution is 0.0953. The van der Waals surface area contributed by atoms with Crippen molar-refractivity contribution in [1.29, 1.82) is 0 Å². The molecule has 0 aliphatic heterocycles. The van der Waals surface area contributed by atoms with Gasteiger partial charge in [0.15, 0.2) is 0 Å². The average Bonchev–Trinajstić information content (AvgIpc) is 2.89. The van der Waals surface area contributed by atoms with E-state index in [2.05, 4.69) is 15.5 Å². The molecule has 1 aromatic carbocycles. The van der Waals surface area contributed by atoms with E-state index in [-0.39, 0.29) is 5.91 Å². The third-order valence-corrected chi connectivity index (χ3v) is 3.29. The molecule has 1 amide bonds. The molecule has 0 aliphatic carbocycles. The van der Waals surface area contributed by atoms with Crippen molar-refractivity contribution in [2.45, 2.75) is 26.3 Å². The maximum absolute atomic E-state index is 11.9. The summed E-state index contributed by atoms with van der Waals surface area (Å²) >= 11 is 0. The van der Waals surface area contributed by atoms with Crippen LogP contribution in [0.15, 0.2) is 30.5 Å². The van der Waals surface area contributed by atoms with E-state index < -0.39 is 0 Å². The highest BCUT2D eigenvalue weighted by Gasteiger charge is 2.05. The topological polar surface area (TPSA) is 83.8 Å². The van der Waals surface area contributed by atoms with Crippen molar-refractivity contribution in [1.82, 2.24) is 15.5 Å². The summed E-state index contributed by atoms with van der Waals surface area (Å²) < 4.78 is 0. The van der Waals surface area contributed by atoms with Crippen LogP contribution in [0.1, 0.15) is 33.6 Å². The quantitative estimate of drug-likeness (QED) is 0.697. The van der Waals surface area contributed by atoms with E-state index in [0.717, 1.165) is 24.1 Å². The molecule has 5 heteroatoms. The summed E-state index contributed by atoms with van der Waals surface area (Å²) in [4.78, 5) is 11.9. The molecule has 0 spiro atoms. The van der Waals surface area contributed by atoms with Gasteiger partial charge in [0, 0.05) is 24.3 Å². The first-order valence-electron chi connectivity index (χ1n) is 6.76. The minimum Gasteiger partial charge on any atom is -0.352 e. The van der Waals surface area contributed by atoms with E-state index in [1.807, 2.05) is 25.3 Å². The van der Waals surface area contributed by atoms with Crippen molar-refractivity contribution in [2.75, 3.05) is 6.54 Å². The molecular weight excluding hydrogens is 252 g/mol. The summed E-state index contributed by atoms with van der Waals surface area (Å²) in [6.45, 7) is 3.15. The van der Waals surface area contributed by atoms with Crippen molar-refractivity contribution >= 4 is 5.91 Å². The van der Waals surface area contributed by atoms with Crippen LogP contribution in [0, 0.1) is 6.92 Å². The molecule has 0 unspecified atom stereocenters. The molecule has 0 atom stereocenters. The molecule has 2 aromatic rings. The highest BCUT2D eigenvalue weighted by Crippen LogP contribution is 2.06. The van der Waals surface area contributed by atoms with Crippen molar-refractivity contribution < 1.29 is 4.79 Å². The second-order valence-corrected chi connectivity index (χ2v) is 4.78. The van der Waals surface area contributed by atoms with Gasteiger partial charge in [-0.1, -0.05) is 12.1 Å². The largest absolute Gasteiger partial charge is 0.352 e. The zero-order valence-electron chi connectivity index (χ0n) is 11.6. The predicted octanol–water partition coefficient (Wildman–Crippen LogP) is 1.54. The third-order valence-electron chi connectivity index (χ3n) is 3.29. The first kappa shape index (κ1) is 14.3. The maximum Gasteiger partial charge on any atom is 0.251 e. The van der Waals surface area contributed by atoms with Crippen LogP contribution in [0.5, 0.6) is 0 Å². The smallest absolute Gasteiger partial charge is 0.251 e. The average molecular weight is 272 g/mol. The Morgan fingerprint density at radius 2 is 2.10 bits per heavy atom. The molecule has 0 radical (unpaired) electrons. The van der Waals surface area contributed by atoms with Gasteiger partial charge in [0.05, 0.1) is 6.20 Å². The van der Waals surface area contributed by atoms with Crippen LogP contribution in [0.25, 0.3) is 0 Å². The summed E-state index contributed by atoms with van der Waals surface area (Å²) in [5.41, 5.74) is 9.51. The van der Waals surface area contributed by atoms with Gasteiger partial charge in [-0.25, -0.2) is 0 Å². The molecule has 4 N–H and O–H groups in total. The fourth-order valence-electron chi connectivity index (χ4n) is 2.00. The van der Waals surface area contributed by atoms with Crippen molar-refractivity contribution in [3.8, 4) is 0 Å². The molecule has 0 saturated carbocycles. The van der Waals surface area contributed by atoms with Crippen LogP contribution in [0.2, 0.25) is 0 Å². The van der Waals surface area contributed by atoms with Gasteiger partial charge in [-0.15, -0.1) is 0 Å². The number of aryl methyl sites for hydroxylation is 2. The van der Waals surface area contributed by atoms with Gasteiger partial charge in [0.2, 0.25) is 0 Å². The Kier molecular flexibility index (Phi) is 4.90. The molecule has 0 bridgehead atoms. The Balaban J connectivity index is 1.76. The molecule has 0 aliphatic rings. The first-order chi connectivity index (χ1) is 9.70. The van der Waals surface area contributed by atoms with Gasteiger partial charge in [0.25, 0.3) is 5.91 Å². The number of hydrogen-bond donors (Lipinski definition) is 3. The van der Waals surface area contributed by atoms with Crippen molar-refractivity contribution in [2.24, 2.45) is 5.73 Å². The number of carbonyl (C=O) groups excluding carboxylic acids is 1. The highest BCUT2D eigenvalue weighted by atomic mass is 16.1. The summed E-state index contributed by atoms with van der Waals surface area (Å²) in [6.07, 6.45) is 3.64. The van der Waals surface area contributed by atoms with E-state index in [9.17, 15) is 4.79 Å². The first-order valence-corrected chi connectivity index (χ1v) is 6.76. The number of hydrogen-bond acceptors (Lipinski definition) is 3. The number of amides is 1. The number of benzene rings is 1. The van der Waals surface area contributed by atoms with Crippen LogP contribution in [-0.2, 0) is 13.0 Å². The summed E-state index contributed by atoms with van der Waals surface area (Å²) in [6, 6.07) is 7.36. The lowest BCUT2D eigenvalue weighted by Gasteiger charge is -2.05. The van der Waals surface area contributed by atoms with Gasteiger partial charge in [-0.05, 0) is 43.0 Å². The van der Waals surface area contributed by atoms with Crippen molar-refractivity contribution in [3.63, 3.8) is 0 Å². The molecule has 1 heterocycles. The maximum atomic E-state index is 11.9. The number of aromatic nitrogens is 2. The Morgan fingerprint density at radius 3 is 2.70 bits per heavy atom. The van der Waals surface area contributed by atoms with Crippen LogP contribution < -0.4 is 11.1 Å². The number of nitrogens with one attached hydrogen (secondary N) is 2. The molecule has 0 fully saturated rings. The number of aromatic amines is 1. The van der Waals surface area contributed by atoms with E-state index in [0.29, 0.717) is 18.7 Å². The Morgan fingerprint density at radius 1 is 1.35 bits per heavy atom. The van der Waals surface area contributed by atoms with Crippen LogP contribution in [0.3, 0.4) is 0 Å². The number of carbonyl (C=O) groups is 1. The van der Waals surface area contributed by atoms with Gasteiger partial charge in [0.1, 0.15) is 0 Å². The fourth-order valence-corrected chi connectivity index (χ4v) is 2.00.